The lowest BCUT2D eigenvalue weighted by atomic mass is 9.69. The van der Waals surface area contributed by atoms with Crippen LogP contribution in [0.25, 0.3) is 0 Å². The Balaban J connectivity index is 1.32. The molecule has 0 spiro atoms. The van der Waals surface area contributed by atoms with Crippen LogP contribution in [0.5, 0.6) is 5.75 Å². The molecule has 0 radical (unpaired) electrons. The fourth-order valence-corrected chi connectivity index (χ4v) is 4.50. The molecule has 4 aromatic rings. The van der Waals surface area contributed by atoms with Crippen LogP contribution in [0.2, 0.25) is 5.02 Å². The smallest absolute Gasteiger partial charge is 0.183 e. The van der Waals surface area contributed by atoms with E-state index in [4.69, 9.17) is 21.3 Å². The van der Waals surface area contributed by atoms with Crippen molar-refractivity contribution in [3.63, 3.8) is 0 Å². The highest BCUT2D eigenvalue weighted by Crippen LogP contribution is 2.41. The Bertz CT molecular complexity index is 1190. The molecule has 0 aliphatic heterocycles. The molecule has 0 atom stereocenters. The molecule has 1 aromatic carbocycles. The second-order valence-electron chi connectivity index (χ2n) is 8.16. The third-order valence-electron chi connectivity index (χ3n) is 6.00. The van der Waals surface area contributed by atoms with E-state index >= 15 is 0 Å². The number of anilines is 2. The quantitative estimate of drug-likeness (QED) is 0.369. The van der Waals surface area contributed by atoms with Gasteiger partial charge < -0.3 is 10.1 Å². The molecule has 0 unspecified atom stereocenters. The van der Waals surface area contributed by atoms with Crippen LogP contribution in [0, 0.1) is 5.82 Å². The largest absolute Gasteiger partial charge is 0.487 e. The molecule has 11 heteroatoms. The Morgan fingerprint density at radius 2 is 1.94 bits per heavy atom. The minimum absolute atomic E-state index is 0.0545. The molecule has 5 rings (SSSR count). The Hall–Kier alpha value is -3.53. The first-order valence-electron chi connectivity index (χ1n) is 10.7. The summed E-state index contributed by atoms with van der Waals surface area (Å²) >= 11 is 5.89. The number of H-pyrrole nitrogens is 2. The number of tetrazole rings is 1. The summed E-state index contributed by atoms with van der Waals surface area (Å²) in [6, 6.07) is 12.5. The van der Waals surface area contributed by atoms with Crippen molar-refractivity contribution < 1.29 is 9.13 Å². The van der Waals surface area contributed by atoms with Crippen molar-refractivity contribution in [3.05, 3.63) is 71.0 Å². The van der Waals surface area contributed by atoms with E-state index in [1.165, 1.54) is 6.07 Å². The van der Waals surface area contributed by atoms with E-state index in [9.17, 15) is 4.39 Å². The summed E-state index contributed by atoms with van der Waals surface area (Å²) in [5.74, 6) is 1.70. The van der Waals surface area contributed by atoms with Gasteiger partial charge in [-0.25, -0.2) is 9.37 Å². The summed E-state index contributed by atoms with van der Waals surface area (Å²) in [4.78, 5) is 4.76. The number of nitrogens with zero attached hydrogens (tertiary/aromatic N) is 5. The van der Waals surface area contributed by atoms with Crippen molar-refractivity contribution in [2.45, 2.75) is 43.6 Å². The molecular weight excluding hydrogens is 447 g/mol. The van der Waals surface area contributed by atoms with Crippen LogP contribution in [-0.2, 0) is 11.8 Å². The first-order chi connectivity index (χ1) is 16.1. The first-order valence-corrected chi connectivity index (χ1v) is 11.1. The van der Waals surface area contributed by atoms with Gasteiger partial charge in [-0.1, -0.05) is 28.9 Å². The van der Waals surface area contributed by atoms with Gasteiger partial charge in [-0.05, 0) is 49.9 Å². The van der Waals surface area contributed by atoms with Gasteiger partial charge in [0.15, 0.2) is 23.2 Å². The number of benzene rings is 1. The summed E-state index contributed by atoms with van der Waals surface area (Å²) in [5, 5.41) is 25.1. The molecule has 3 aromatic heterocycles. The average molecular weight is 469 g/mol. The van der Waals surface area contributed by atoms with E-state index in [1.807, 2.05) is 24.3 Å². The molecule has 0 bridgehead atoms. The van der Waals surface area contributed by atoms with Gasteiger partial charge in [0.2, 0.25) is 0 Å². The monoisotopic (exact) mass is 468 g/mol. The maximum atomic E-state index is 14.3. The standard InChI is InChI=1S/C22H22ClFN8O/c23-16-4-2-5-17(20(16)24)33-15-7-10-22(11-8-15,21-29-31-32-30-21)13-14-3-1-6-18(26-14)27-19-9-12-25-28-19/h1-6,9,12,15H,7-8,10-11,13H2,(H2,25,26,27,28)(H,29,30,31,32)/t15-,22-. The minimum Gasteiger partial charge on any atom is -0.487 e. The Morgan fingerprint density at radius 1 is 1.09 bits per heavy atom. The normalized spacial score (nSPS) is 20.5. The van der Waals surface area contributed by atoms with Crippen LogP contribution in [0.15, 0.2) is 48.7 Å². The van der Waals surface area contributed by atoms with E-state index in [0.29, 0.717) is 36.7 Å². The number of hydrogen-bond donors (Lipinski definition) is 3. The lowest BCUT2D eigenvalue weighted by molar-refractivity contribution is 0.108. The zero-order chi connectivity index (χ0) is 22.7. The maximum absolute atomic E-state index is 14.3. The maximum Gasteiger partial charge on any atom is 0.183 e. The minimum atomic E-state index is -0.528. The third kappa shape index (κ3) is 4.65. The second-order valence-corrected chi connectivity index (χ2v) is 8.57. The zero-order valence-corrected chi connectivity index (χ0v) is 18.4. The number of rotatable bonds is 7. The van der Waals surface area contributed by atoms with E-state index in [0.717, 1.165) is 18.5 Å². The van der Waals surface area contributed by atoms with E-state index in [-0.39, 0.29) is 22.3 Å². The Morgan fingerprint density at radius 3 is 2.70 bits per heavy atom. The molecular formula is C22H22ClFN8O. The SMILES string of the molecule is Fc1c(Cl)cccc1O[C@H]1CC[C@](Cc2cccc(Nc3cc[nH]n3)n2)(c2nn[nH]n2)CC1. The van der Waals surface area contributed by atoms with Crippen LogP contribution in [-0.4, -0.2) is 41.9 Å². The fourth-order valence-electron chi connectivity index (χ4n) is 4.34. The van der Waals surface area contributed by atoms with E-state index in [1.54, 1.807) is 18.3 Å². The Labute approximate surface area is 194 Å². The van der Waals surface area contributed by atoms with Gasteiger partial charge in [-0.3, -0.25) is 5.10 Å². The van der Waals surface area contributed by atoms with Crippen LogP contribution < -0.4 is 10.1 Å². The predicted octanol–water partition coefficient (Wildman–Crippen LogP) is 4.36. The lowest BCUT2D eigenvalue weighted by Gasteiger charge is -2.37. The van der Waals surface area contributed by atoms with E-state index < -0.39 is 5.82 Å². The fraction of sp³-hybridized carbons (Fsp3) is 0.318. The number of nitrogens with one attached hydrogen (secondary N) is 3. The molecule has 0 amide bonds. The van der Waals surface area contributed by atoms with Gasteiger partial charge >= 0.3 is 0 Å². The van der Waals surface area contributed by atoms with Gasteiger partial charge in [0.05, 0.1) is 11.1 Å². The van der Waals surface area contributed by atoms with Gasteiger partial charge in [0.1, 0.15) is 5.82 Å². The average Bonchev–Trinajstić information content (AvgIpc) is 3.54. The van der Waals surface area contributed by atoms with Crippen LogP contribution in [0.4, 0.5) is 16.0 Å². The Kier molecular flexibility index (Phi) is 5.91. The molecule has 1 aliphatic carbocycles. The lowest BCUT2D eigenvalue weighted by Crippen LogP contribution is -2.38. The zero-order valence-electron chi connectivity index (χ0n) is 17.6. The predicted molar refractivity (Wildman–Crippen MR) is 120 cm³/mol. The molecule has 1 aliphatic rings. The van der Waals surface area contributed by atoms with Gasteiger partial charge in [0.25, 0.3) is 0 Å². The topological polar surface area (TPSA) is 117 Å². The van der Waals surface area contributed by atoms with Crippen LogP contribution >= 0.6 is 11.6 Å². The summed E-state index contributed by atoms with van der Waals surface area (Å²) in [6.45, 7) is 0. The summed E-state index contributed by atoms with van der Waals surface area (Å²) < 4.78 is 20.2. The summed E-state index contributed by atoms with van der Waals surface area (Å²) in [6.07, 6.45) is 5.18. The molecule has 3 heterocycles. The molecule has 170 valence electrons. The molecule has 0 saturated heterocycles. The van der Waals surface area contributed by atoms with Gasteiger partial charge in [-0.15, -0.1) is 10.2 Å². The van der Waals surface area contributed by atoms with Crippen molar-refractivity contribution in [2.24, 2.45) is 0 Å². The highest BCUT2D eigenvalue weighted by molar-refractivity contribution is 6.30. The van der Waals surface area contributed by atoms with Crippen molar-refractivity contribution in [1.82, 2.24) is 35.8 Å². The number of aromatic nitrogens is 7. The highest BCUT2D eigenvalue weighted by Gasteiger charge is 2.41. The van der Waals surface area contributed by atoms with Gasteiger partial charge in [-0.2, -0.15) is 10.3 Å². The number of pyridine rings is 1. The molecule has 1 fully saturated rings. The van der Waals surface area contributed by atoms with Crippen molar-refractivity contribution in [2.75, 3.05) is 5.32 Å². The van der Waals surface area contributed by atoms with E-state index in [2.05, 4.69) is 36.1 Å². The second kappa shape index (κ2) is 9.14. The van der Waals surface area contributed by atoms with Crippen LogP contribution in [0.3, 0.4) is 0 Å². The third-order valence-corrected chi connectivity index (χ3v) is 6.29. The first kappa shape index (κ1) is 21.3. The van der Waals surface area contributed by atoms with Crippen molar-refractivity contribution >= 4 is 23.2 Å². The molecule has 3 N–H and O–H groups in total. The molecule has 9 nitrogen and oxygen atoms in total. The van der Waals surface area contributed by atoms with Crippen LogP contribution in [0.1, 0.15) is 37.2 Å². The number of ether oxygens (including phenoxy) is 1. The van der Waals surface area contributed by atoms with Crippen molar-refractivity contribution in [1.29, 1.82) is 0 Å². The summed E-state index contributed by atoms with van der Waals surface area (Å²) in [5.41, 5.74) is 0.554. The summed E-state index contributed by atoms with van der Waals surface area (Å²) in [7, 11) is 0. The molecule has 1 saturated carbocycles. The number of aromatic amines is 2. The van der Waals surface area contributed by atoms with Gasteiger partial charge in [0, 0.05) is 29.8 Å². The number of hydrogen-bond acceptors (Lipinski definition) is 7. The highest BCUT2D eigenvalue weighted by atomic mass is 35.5. The molecule has 33 heavy (non-hydrogen) atoms. The number of halogens is 2. The van der Waals surface area contributed by atoms with Crippen molar-refractivity contribution in [3.8, 4) is 5.75 Å².